The molecule has 3 heteroatoms. The Morgan fingerprint density at radius 2 is 1.73 bits per heavy atom. The standard InChI is InChI=1S/C19H33NO2/c1-5-16(15-9-7-6-8-10-15)19(22)20-12-11-17(13(2)3)18(20)14(4)21/h13,15-18H,5-12H2,1-4H3/t16-,17+,18+/m0/s1. The summed E-state index contributed by atoms with van der Waals surface area (Å²) >= 11 is 0. The Hall–Kier alpha value is -0.860. The quantitative estimate of drug-likeness (QED) is 0.768. The smallest absolute Gasteiger partial charge is 0.226 e. The predicted octanol–water partition coefficient (Wildman–Crippen LogP) is 4.06. The van der Waals surface area contributed by atoms with Gasteiger partial charge in [0.15, 0.2) is 5.78 Å². The maximum absolute atomic E-state index is 13.1. The van der Waals surface area contributed by atoms with E-state index in [-0.39, 0.29) is 23.7 Å². The van der Waals surface area contributed by atoms with Crippen LogP contribution in [0.15, 0.2) is 0 Å². The van der Waals surface area contributed by atoms with Crippen molar-refractivity contribution < 1.29 is 9.59 Å². The van der Waals surface area contributed by atoms with E-state index in [1.165, 1.54) is 32.1 Å². The number of Topliss-reactive ketones (excluding diaryl/α,β-unsaturated/α-hetero) is 1. The van der Waals surface area contributed by atoms with Gasteiger partial charge in [0.2, 0.25) is 5.91 Å². The van der Waals surface area contributed by atoms with Gasteiger partial charge in [-0.3, -0.25) is 9.59 Å². The second-order valence-electron chi connectivity index (χ2n) is 7.70. The van der Waals surface area contributed by atoms with E-state index in [1.54, 1.807) is 6.92 Å². The van der Waals surface area contributed by atoms with Crippen molar-refractivity contribution in [2.24, 2.45) is 23.7 Å². The molecule has 2 fully saturated rings. The number of hydrogen-bond acceptors (Lipinski definition) is 2. The number of carbonyl (C=O) groups excluding carboxylic acids is 2. The first-order chi connectivity index (χ1) is 10.5. The zero-order valence-electron chi connectivity index (χ0n) is 14.8. The molecule has 3 atom stereocenters. The number of hydrogen-bond donors (Lipinski definition) is 0. The van der Waals surface area contributed by atoms with Gasteiger partial charge in [-0.25, -0.2) is 0 Å². The molecule has 1 amide bonds. The van der Waals surface area contributed by atoms with E-state index in [4.69, 9.17) is 0 Å². The minimum atomic E-state index is -0.176. The van der Waals surface area contributed by atoms with Gasteiger partial charge in [0.25, 0.3) is 0 Å². The molecule has 0 aromatic rings. The van der Waals surface area contributed by atoms with Crippen LogP contribution in [-0.2, 0) is 9.59 Å². The van der Waals surface area contributed by atoms with Crippen LogP contribution >= 0.6 is 0 Å². The monoisotopic (exact) mass is 307 g/mol. The lowest BCUT2D eigenvalue weighted by Gasteiger charge is -2.35. The van der Waals surface area contributed by atoms with Gasteiger partial charge >= 0.3 is 0 Å². The summed E-state index contributed by atoms with van der Waals surface area (Å²) in [5.74, 6) is 1.90. The lowest BCUT2D eigenvalue weighted by Crippen LogP contribution is -2.47. The maximum Gasteiger partial charge on any atom is 0.226 e. The van der Waals surface area contributed by atoms with Crippen molar-refractivity contribution in [3.63, 3.8) is 0 Å². The van der Waals surface area contributed by atoms with Crippen LogP contribution in [0.5, 0.6) is 0 Å². The molecule has 1 aliphatic heterocycles. The highest BCUT2D eigenvalue weighted by atomic mass is 16.2. The number of ketones is 1. The topological polar surface area (TPSA) is 37.4 Å². The van der Waals surface area contributed by atoms with Gasteiger partial charge in [0.1, 0.15) is 0 Å². The summed E-state index contributed by atoms with van der Waals surface area (Å²) in [7, 11) is 0. The molecule has 0 aromatic carbocycles. The Balaban J connectivity index is 2.13. The van der Waals surface area contributed by atoms with Crippen molar-refractivity contribution in [1.82, 2.24) is 4.90 Å². The number of rotatable bonds is 5. The van der Waals surface area contributed by atoms with Gasteiger partial charge in [-0.2, -0.15) is 0 Å². The highest BCUT2D eigenvalue weighted by Crippen LogP contribution is 2.37. The maximum atomic E-state index is 13.1. The molecule has 1 aliphatic carbocycles. The minimum absolute atomic E-state index is 0.132. The molecule has 1 heterocycles. The molecule has 1 saturated heterocycles. The van der Waals surface area contributed by atoms with Crippen molar-refractivity contribution in [1.29, 1.82) is 0 Å². The van der Waals surface area contributed by atoms with Gasteiger partial charge in [-0.15, -0.1) is 0 Å². The van der Waals surface area contributed by atoms with Crippen LogP contribution in [0.4, 0.5) is 0 Å². The summed E-state index contributed by atoms with van der Waals surface area (Å²) < 4.78 is 0. The highest BCUT2D eigenvalue weighted by molar-refractivity contribution is 5.89. The lowest BCUT2D eigenvalue weighted by molar-refractivity contribution is -0.143. The summed E-state index contributed by atoms with van der Waals surface area (Å²) in [5.41, 5.74) is 0. The minimum Gasteiger partial charge on any atom is -0.332 e. The average Bonchev–Trinajstić information content (AvgIpc) is 2.94. The van der Waals surface area contributed by atoms with Crippen molar-refractivity contribution >= 4 is 11.7 Å². The second-order valence-corrected chi connectivity index (χ2v) is 7.70. The SMILES string of the molecule is CC[C@H](C(=O)N1CC[C@H](C(C)C)[C@H]1C(C)=O)C1CCCCC1. The van der Waals surface area contributed by atoms with E-state index in [2.05, 4.69) is 20.8 Å². The van der Waals surface area contributed by atoms with E-state index in [0.717, 1.165) is 19.4 Å². The summed E-state index contributed by atoms with van der Waals surface area (Å²) in [4.78, 5) is 27.2. The first-order valence-electron chi connectivity index (χ1n) is 9.28. The summed E-state index contributed by atoms with van der Waals surface area (Å²) in [6, 6.07) is -0.176. The van der Waals surface area contributed by atoms with E-state index < -0.39 is 0 Å². The van der Waals surface area contributed by atoms with Crippen LogP contribution in [0.1, 0.15) is 72.6 Å². The van der Waals surface area contributed by atoms with E-state index >= 15 is 0 Å². The van der Waals surface area contributed by atoms with Gasteiger partial charge < -0.3 is 4.90 Å². The van der Waals surface area contributed by atoms with Crippen LogP contribution in [-0.4, -0.2) is 29.2 Å². The first kappa shape index (κ1) is 17.5. The molecule has 22 heavy (non-hydrogen) atoms. The summed E-state index contributed by atoms with van der Waals surface area (Å²) in [5, 5.41) is 0. The highest BCUT2D eigenvalue weighted by Gasteiger charge is 2.43. The Labute approximate surface area is 135 Å². The lowest BCUT2D eigenvalue weighted by atomic mass is 9.78. The second kappa shape index (κ2) is 7.61. The largest absolute Gasteiger partial charge is 0.332 e. The number of likely N-dealkylation sites (tertiary alicyclic amines) is 1. The molecule has 2 rings (SSSR count). The molecule has 0 aromatic heterocycles. The van der Waals surface area contributed by atoms with Crippen molar-refractivity contribution in [3.8, 4) is 0 Å². The van der Waals surface area contributed by atoms with Crippen LogP contribution < -0.4 is 0 Å². The molecule has 0 bridgehead atoms. The van der Waals surface area contributed by atoms with Gasteiger partial charge in [0.05, 0.1) is 6.04 Å². The van der Waals surface area contributed by atoms with E-state index in [0.29, 0.717) is 17.8 Å². The van der Waals surface area contributed by atoms with Crippen molar-refractivity contribution in [3.05, 3.63) is 0 Å². The summed E-state index contributed by atoms with van der Waals surface area (Å²) in [6.45, 7) is 8.92. The number of carbonyl (C=O) groups is 2. The summed E-state index contributed by atoms with van der Waals surface area (Å²) in [6.07, 6.45) is 8.12. The predicted molar refractivity (Wildman–Crippen MR) is 89.5 cm³/mol. The van der Waals surface area contributed by atoms with Crippen LogP contribution in [0.2, 0.25) is 0 Å². The third-order valence-corrected chi connectivity index (χ3v) is 5.98. The van der Waals surface area contributed by atoms with Crippen LogP contribution in [0.25, 0.3) is 0 Å². The molecule has 0 radical (unpaired) electrons. The zero-order chi connectivity index (χ0) is 16.3. The van der Waals surface area contributed by atoms with Gasteiger partial charge in [0, 0.05) is 12.5 Å². The fourth-order valence-corrected chi connectivity index (χ4v) is 4.74. The molecule has 0 N–H and O–H groups in total. The third kappa shape index (κ3) is 3.55. The Morgan fingerprint density at radius 3 is 2.23 bits per heavy atom. The average molecular weight is 307 g/mol. The Morgan fingerprint density at radius 1 is 1.09 bits per heavy atom. The molecule has 0 unspecified atom stereocenters. The molecule has 3 nitrogen and oxygen atoms in total. The van der Waals surface area contributed by atoms with Crippen molar-refractivity contribution in [2.75, 3.05) is 6.54 Å². The molecule has 2 aliphatic rings. The normalized spacial score (nSPS) is 28.1. The first-order valence-corrected chi connectivity index (χ1v) is 9.28. The van der Waals surface area contributed by atoms with Gasteiger partial charge in [-0.1, -0.05) is 40.0 Å². The molecule has 126 valence electrons. The zero-order valence-corrected chi connectivity index (χ0v) is 14.8. The van der Waals surface area contributed by atoms with E-state index in [1.807, 2.05) is 4.90 Å². The van der Waals surface area contributed by atoms with Crippen LogP contribution in [0, 0.1) is 23.7 Å². The molecular formula is C19H33NO2. The Kier molecular flexibility index (Phi) is 6.05. The molecule has 1 saturated carbocycles. The number of nitrogens with zero attached hydrogens (tertiary/aromatic N) is 1. The third-order valence-electron chi connectivity index (χ3n) is 5.98. The van der Waals surface area contributed by atoms with Gasteiger partial charge in [-0.05, 0) is 50.4 Å². The van der Waals surface area contributed by atoms with Crippen molar-refractivity contribution in [2.45, 2.75) is 78.7 Å². The fourth-order valence-electron chi connectivity index (χ4n) is 4.74. The Bertz CT molecular complexity index is 398. The number of amides is 1. The van der Waals surface area contributed by atoms with E-state index in [9.17, 15) is 9.59 Å². The fraction of sp³-hybridized carbons (Fsp3) is 0.895. The molecular weight excluding hydrogens is 274 g/mol. The van der Waals surface area contributed by atoms with Crippen LogP contribution in [0.3, 0.4) is 0 Å². The molecule has 0 spiro atoms.